The van der Waals surface area contributed by atoms with Gasteiger partial charge in [-0.3, -0.25) is 4.90 Å². The normalized spacial score (nSPS) is 15.9. The zero-order valence-electron chi connectivity index (χ0n) is 11.6. The van der Waals surface area contributed by atoms with E-state index < -0.39 is 12.0 Å². The number of carbonyl (C=O) groups excluding carboxylic acids is 1. The fraction of sp³-hybridized carbons (Fsp3) is 0.467. The quantitative estimate of drug-likeness (QED) is 0.890. The van der Waals surface area contributed by atoms with Crippen LogP contribution in [0.1, 0.15) is 31.7 Å². The third-order valence-corrected chi connectivity index (χ3v) is 3.61. The molecule has 1 aromatic rings. The second kappa shape index (κ2) is 6.41. The molecule has 1 atom stereocenters. The Morgan fingerprint density at radius 2 is 2.10 bits per heavy atom. The van der Waals surface area contributed by atoms with Crippen molar-refractivity contribution in [2.24, 2.45) is 0 Å². The number of rotatable bonds is 3. The molecule has 1 aromatic carbocycles. The molecule has 2 amide bonds. The molecule has 0 radical (unpaired) electrons. The molecule has 0 aromatic heterocycles. The van der Waals surface area contributed by atoms with Gasteiger partial charge in [-0.2, -0.15) is 0 Å². The van der Waals surface area contributed by atoms with Crippen molar-refractivity contribution in [3.8, 4) is 0 Å². The molecule has 0 saturated carbocycles. The number of benzene rings is 1. The Labute approximate surface area is 118 Å². The number of hydrogen-bond acceptors (Lipinski definition) is 2. The van der Waals surface area contributed by atoms with E-state index in [1.165, 1.54) is 0 Å². The molecule has 5 heteroatoms. The summed E-state index contributed by atoms with van der Waals surface area (Å²) in [6.07, 6.45) is 3.29. The number of nitrogens with one attached hydrogen (secondary N) is 1. The van der Waals surface area contributed by atoms with Crippen LogP contribution in [0.4, 0.5) is 10.5 Å². The van der Waals surface area contributed by atoms with E-state index >= 15 is 0 Å². The molecular weight excluding hydrogens is 256 g/mol. The minimum absolute atomic E-state index is 0.325. The summed E-state index contributed by atoms with van der Waals surface area (Å²) in [6.45, 7) is 2.37. The monoisotopic (exact) mass is 276 g/mol. The van der Waals surface area contributed by atoms with Gasteiger partial charge in [-0.25, -0.2) is 9.59 Å². The summed E-state index contributed by atoms with van der Waals surface area (Å²) >= 11 is 0. The lowest BCUT2D eigenvalue weighted by Crippen LogP contribution is -2.48. The van der Waals surface area contributed by atoms with Crippen molar-refractivity contribution < 1.29 is 14.7 Å². The van der Waals surface area contributed by atoms with Gasteiger partial charge in [0.1, 0.15) is 6.04 Å². The summed E-state index contributed by atoms with van der Waals surface area (Å²) in [6, 6.07) is 6.65. The first kappa shape index (κ1) is 14.4. The maximum Gasteiger partial charge on any atom is 0.326 e. The van der Waals surface area contributed by atoms with Crippen LogP contribution < -0.4 is 10.2 Å². The first-order chi connectivity index (χ1) is 9.63. The van der Waals surface area contributed by atoms with Gasteiger partial charge in [-0.15, -0.1) is 0 Å². The van der Waals surface area contributed by atoms with Gasteiger partial charge in [0.05, 0.1) is 0 Å². The molecule has 0 saturated heterocycles. The predicted octanol–water partition coefficient (Wildman–Crippen LogP) is 2.40. The van der Waals surface area contributed by atoms with E-state index in [1.807, 2.05) is 24.3 Å². The van der Waals surface area contributed by atoms with Crippen LogP contribution in [0.5, 0.6) is 0 Å². The third-order valence-electron chi connectivity index (χ3n) is 3.61. The number of amides is 2. The van der Waals surface area contributed by atoms with Crippen LogP contribution in [0.15, 0.2) is 24.3 Å². The van der Waals surface area contributed by atoms with Crippen molar-refractivity contribution in [3.63, 3.8) is 0 Å². The molecular formula is C15H20N2O3. The number of nitrogens with zero attached hydrogens (tertiary/aromatic N) is 1. The van der Waals surface area contributed by atoms with Crippen LogP contribution in [-0.2, 0) is 11.2 Å². The highest BCUT2D eigenvalue weighted by molar-refractivity contribution is 5.95. The van der Waals surface area contributed by atoms with Crippen LogP contribution in [0.25, 0.3) is 0 Å². The molecule has 0 aliphatic carbocycles. The highest BCUT2D eigenvalue weighted by atomic mass is 16.4. The summed E-state index contributed by atoms with van der Waals surface area (Å²) in [7, 11) is 0. The first-order valence-corrected chi connectivity index (χ1v) is 7.02. The summed E-state index contributed by atoms with van der Waals surface area (Å²) in [5.74, 6) is -0.996. The number of carbonyl (C=O) groups is 2. The number of urea groups is 1. The minimum atomic E-state index is -0.996. The average molecular weight is 276 g/mol. The zero-order valence-corrected chi connectivity index (χ0v) is 11.6. The molecule has 0 fully saturated rings. The molecule has 2 rings (SSSR count). The average Bonchev–Trinajstić information content (AvgIpc) is 2.66. The number of fused-ring (bicyclic) bond motifs is 1. The van der Waals surface area contributed by atoms with Crippen LogP contribution in [0, 0.1) is 0 Å². The first-order valence-electron chi connectivity index (χ1n) is 7.02. The number of anilines is 1. The summed E-state index contributed by atoms with van der Waals surface area (Å²) in [4.78, 5) is 25.0. The molecule has 0 spiro atoms. The summed E-state index contributed by atoms with van der Waals surface area (Å²) < 4.78 is 0. The van der Waals surface area contributed by atoms with Gasteiger partial charge < -0.3 is 10.4 Å². The topological polar surface area (TPSA) is 69.6 Å². The number of carboxylic acid groups (broad SMARTS) is 1. The number of aryl methyl sites for hydroxylation is 1. The summed E-state index contributed by atoms with van der Waals surface area (Å²) in [5.41, 5.74) is 2.03. The van der Waals surface area contributed by atoms with Crippen molar-refractivity contribution in [2.75, 3.05) is 11.4 Å². The number of aliphatic carboxylic acids is 1. The lowest BCUT2D eigenvalue weighted by atomic mass is 10.1. The van der Waals surface area contributed by atoms with Crippen molar-refractivity contribution in [2.45, 2.75) is 38.6 Å². The molecule has 108 valence electrons. The highest BCUT2D eigenvalue weighted by Crippen LogP contribution is 2.26. The van der Waals surface area contributed by atoms with Crippen molar-refractivity contribution in [1.29, 1.82) is 0 Å². The van der Waals surface area contributed by atoms with E-state index in [9.17, 15) is 9.59 Å². The Morgan fingerprint density at radius 3 is 2.80 bits per heavy atom. The lowest BCUT2D eigenvalue weighted by Gasteiger charge is -2.25. The number of hydrogen-bond donors (Lipinski definition) is 2. The van der Waals surface area contributed by atoms with E-state index in [0.717, 1.165) is 30.5 Å². The van der Waals surface area contributed by atoms with Gasteiger partial charge >= 0.3 is 12.0 Å². The van der Waals surface area contributed by atoms with Crippen LogP contribution in [0.2, 0.25) is 0 Å². The fourth-order valence-electron chi connectivity index (χ4n) is 2.47. The Kier molecular flexibility index (Phi) is 4.61. The molecule has 1 aliphatic heterocycles. The smallest absolute Gasteiger partial charge is 0.326 e. The van der Waals surface area contributed by atoms with Gasteiger partial charge in [-0.1, -0.05) is 25.1 Å². The minimum Gasteiger partial charge on any atom is -0.480 e. The van der Waals surface area contributed by atoms with E-state index in [4.69, 9.17) is 5.11 Å². The lowest BCUT2D eigenvalue weighted by molar-refractivity contribution is -0.139. The van der Waals surface area contributed by atoms with Crippen LogP contribution >= 0.6 is 0 Å². The molecule has 5 nitrogen and oxygen atoms in total. The second-order valence-electron chi connectivity index (χ2n) is 4.99. The van der Waals surface area contributed by atoms with Crippen molar-refractivity contribution >= 4 is 17.7 Å². The maximum atomic E-state index is 12.3. The Bertz CT molecular complexity index is 502. The predicted molar refractivity (Wildman–Crippen MR) is 77.0 cm³/mol. The van der Waals surface area contributed by atoms with Gasteiger partial charge in [0, 0.05) is 12.2 Å². The Hall–Kier alpha value is -2.04. The van der Waals surface area contributed by atoms with Crippen molar-refractivity contribution in [1.82, 2.24) is 5.32 Å². The van der Waals surface area contributed by atoms with E-state index in [0.29, 0.717) is 13.0 Å². The van der Waals surface area contributed by atoms with Crippen LogP contribution in [0.3, 0.4) is 0 Å². The van der Waals surface area contributed by atoms with Crippen LogP contribution in [-0.4, -0.2) is 29.7 Å². The largest absolute Gasteiger partial charge is 0.480 e. The standard InChI is InChI=1S/C15H20N2O3/c1-2-12(14(18)19)16-15(20)17-10-6-5-8-11-7-3-4-9-13(11)17/h3-4,7,9,12H,2,5-6,8,10H2,1H3,(H,16,20)(H,18,19). The van der Waals surface area contributed by atoms with E-state index in [2.05, 4.69) is 5.32 Å². The fourth-order valence-corrected chi connectivity index (χ4v) is 2.47. The molecule has 1 unspecified atom stereocenters. The third kappa shape index (κ3) is 3.10. The molecule has 1 heterocycles. The van der Waals surface area contributed by atoms with E-state index in [1.54, 1.807) is 11.8 Å². The van der Waals surface area contributed by atoms with Gasteiger partial charge in [0.2, 0.25) is 0 Å². The molecule has 1 aliphatic rings. The van der Waals surface area contributed by atoms with Crippen molar-refractivity contribution in [3.05, 3.63) is 29.8 Å². The molecule has 0 bridgehead atoms. The number of carboxylic acids is 1. The number of para-hydroxylation sites is 1. The second-order valence-corrected chi connectivity index (χ2v) is 4.99. The van der Waals surface area contributed by atoms with Gasteiger partial charge in [-0.05, 0) is 37.3 Å². The zero-order chi connectivity index (χ0) is 14.5. The summed E-state index contributed by atoms with van der Waals surface area (Å²) in [5, 5.41) is 11.6. The van der Waals surface area contributed by atoms with Gasteiger partial charge in [0.15, 0.2) is 0 Å². The molecule has 2 N–H and O–H groups in total. The Morgan fingerprint density at radius 1 is 1.35 bits per heavy atom. The SMILES string of the molecule is CCC(NC(=O)N1CCCCc2ccccc21)C(=O)O. The molecule has 20 heavy (non-hydrogen) atoms. The Balaban J connectivity index is 2.19. The van der Waals surface area contributed by atoms with E-state index in [-0.39, 0.29) is 6.03 Å². The maximum absolute atomic E-state index is 12.3. The van der Waals surface area contributed by atoms with Gasteiger partial charge in [0.25, 0.3) is 0 Å². The highest BCUT2D eigenvalue weighted by Gasteiger charge is 2.24.